The number of hydrogen-bond acceptors (Lipinski definition) is 4. The van der Waals surface area contributed by atoms with Crippen molar-refractivity contribution in [3.8, 4) is 0 Å². The van der Waals surface area contributed by atoms with Gasteiger partial charge in [-0.15, -0.1) is 11.8 Å². The lowest BCUT2D eigenvalue weighted by molar-refractivity contribution is -0.138. The summed E-state index contributed by atoms with van der Waals surface area (Å²) in [4.78, 5) is 34.9. The Hall–Kier alpha value is -2.34. The number of fused-ring (bicyclic) bond motifs is 1. The Balaban J connectivity index is 2.29. The van der Waals surface area contributed by atoms with Crippen LogP contribution in [0.15, 0.2) is 42.5 Å². The molecule has 0 saturated carbocycles. The first kappa shape index (κ1) is 18.0. The molecule has 0 bridgehead atoms. The summed E-state index contributed by atoms with van der Waals surface area (Å²) in [5.74, 6) is -2.93. The van der Waals surface area contributed by atoms with Crippen molar-refractivity contribution in [3.63, 3.8) is 0 Å². The number of rotatable bonds is 8. The van der Waals surface area contributed by atoms with Gasteiger partial charge in [-0.3, -0.25) is 14.4 Å². The highest BCUT2D eigenvalue weighted by Crippen LogP contribution is 2.26. The minimum Gasteiger partial charge on any atom is -0.481 e. The number of thioether (sulfide) groups is 1. The SMILES string of the molecule is CC(SCC(CC(=O)O)C(=O)c1cccc2ccccc12)C(=O)O. The highest BCUT2D eigenvalue weighted by molar-refractivity contribution is 8.00. The first-order valence-corrected chi connectivity index (χ1v) is 8.53. The highest BCUT2D eigenvalue weighted by atomic mass is 32.2. The Morgan fingerprint density at radius 3 is 2.38 bits per heavy atom. The molecular formula is C18H18O5S. The van der Waals surface area contributed by atoms with Gasteiger partial charge in [0.25, 0.3) is 0 Å². The van der Waals surface area contributed by atoms with Crippen molar-refractivity contribution in [2.24, 2.45) is 5.92 Å². The molecule has 0 aliphatic carbocycles. The molecule has 2 rings (SSSR count). The number of carboxylic acid groups (broad SMARTS) is 2. The van der Waals surface area contributed by atoms with E-state index in [9.17, 15) is 14.4 Å². The summed E-state index contributed by atoms with van der Waals surface area (Å²) in [5, 5.41) is 19.0. The quantitative estimate of drug-likeness (QED) is 0.713. The van der Waals surface area contributed by atoms with Gasteiger partial charge in [-0.05, 0) is 17.7 Å². The number of benzene rings is 2. The lowest BCUT2D eigenvalue weighted by Crippen LogP contribution is -2.23. The molecule has 0 radical (unpaired) electrons. The lowest BCUT2D eigenvalue weighted by Gasteiger charge is -2.16. The predicted molar refractivity (Wildman–Crippen MR) is 93.6 cm³/mol. The van der Waals surface area contributed by atoms with Crippen LogP contribution >= 0.6 is 11.8 Å². The van der Waals surface area contributed by atoms with E-state index in [1.165, 1.54) is 6.92 Å². The van der Waals surface area contributed by atoms with Crippen molar-refractivity contribution in [1.82, 2.24) is 0 Å². The minimum atomic E-state index is -1.07. The van der Waals surface area contributed by atoms with Gasteiger partial charge in [0.2, 0.25) is 0 Å². The van der Waals surface area contributed by atoms with Gasteiger partial charge in [-0.2, -0.15) is 0 Å². The van der Waals surface area contributed by atoms with Crippen LogP contribution in [-0.2, 0) is 9.59 Å². The van der Waals surface area contributed by atoms with Crippen LogP contribution in [0.1, 0.15) is 23.7 Å². The summed E-state index contributed by atoms with van der Waals surface area (Å²) in [7, 11) is 0. The Bertz CT molecular complexity index is 766. The third-order valence-electron chi connectivity index (χ3n) is 3.74. The summed E-state index contributed by atoms with van der Waals surface area (Å²) in [6.45, 7) is 1.52. The van der Waals surface area contributed by atoms with Gasteiger partial charge in [-0.25, -0.2) is 0 Å². The molecule has 0 saturated heterocycles. The fourth-order valence-electron chi connectivity index (χ4n) is 2.43. The third-order valence-corrected chi connectivity index (χ3v) is 5.04. The average molecular weight is 346 g/mol. The molecule has 126 valence electrons. The number of Topliss-reactive ketones (excluding diaryl/α,β-unsaturated/α-hetero) is 1. The molecule has 0 spiro atoms. The molecule has 2 unspecified atom stereocenters. The summed E-state index contributed by atoms with van der Waals surface area (Å²) in [6, 6.07) is 12.8. The van der Waals surface area contributed by atoms with E-state index in [1.54, 1.807) is 12.1 Å². The largest absolute Gasteiger partial charge is 0.481 e. The van der Waals surface area contributed by atoms with E-state index in [0.717, 1.165) is 22.5 Å². The van der Waals surface area contributed by atoms with Crippen LogP contribution in [0.3, 0.4) is 0 Å². The van der Waals surface area contributed by atoms with E-state index < -0.39 is 23.1 Å². The van der Waals surface area contributed by atoms with E-state index in [-0.39, 0.29) is 18.0 Å². The Kier molecular flexibility index (Phi) is 5.98. The normalized spacial score (nSPS) is 13.4. The van der Waals surface area contributed by atoms with Crippen LogP contribution in [0.4, 0.5) is 0 Å². The Morgan fingerprint density at radius 2 is 1.71 bits per heavy atom. The first-order valence-electron chi connectivity index (χ1n) is 7.48. The van der Waals surface area contributed by atoms with Gasteiger partial charge in [0.15, 0.2) is 5.78 Å². The van der Waals surface area contributed by atoms with Crippen molar-refractivity contribution in [3.05, 3.63) is 48.0 Å². The third kappa shape index (κ3) is 4.35. The van der Waals surface area contributed by atoms with Gasteiger partial charge < -0.3 is 10.2 Å². The zero-order valence-electron chi connectivity index (χ0n) is 13.1. The first-order chi connectivity index (χ1) is 11.4. The summed E-state index contributed by atoms with van der Waals surface area (Å²) < 4.78 is 0. The Morgan fingerprint density at radius 1 is 1.04 bits per heavy atom. The van der Waals surface area contributed by atoms with Crippen LogP contribution in [0, 0.1) is 5.92 Å². The van der Waals surface area contributed by atoms with E-state index in [0.29, 0.717) is 5.56 Å². The van der Waals surface area contributed by atoms with Crippen molar-refractivity contribution < 1.29 is 24.6 Å². The molecule has 0 amide bonds. The molecule has 6 heteroatoms. The summed E-state index contributed by atoms with van der Waals surface area (Å²) in [6.07, 6.45) is -0.318. The summed E-state index contributed by atoms with van der Waals surface area (Å²) >= 11 is 1.08. The van der Waals surface area contributed by atoms with E-state index in [1.807, 2.05) is 30.3 Å². The van der Waals surface area contributed by atoms with Crippen LogP contribution in [0.25, 0.3) is 10.8 Å². The van der Waals surface area contributed by atoms with Crippen molar-refractivity contribution >= 4 is 40.3 Å². The molecule has 2 aromatic rings. The van der Waals surface area contributed by atoms with Crippen LogP contribution < -0.4 is 0 Å². The topological polar surface area (TPSA) is 91.7 Å². The number of carboxylic acids is 2. The smallest absolute Gasteiger partial charge is 0.316 e. The maximum Gasteiger partial charge on any atom is 0.316 e. The fourth-order valence-corrected chi connectivity index (χ4v) is 3.36. The lowest BCUT2D eigenvalue weighted by atomic mass is 9.92. The monoisotopic (exact) mass is 346 g/mol. The molecule has 2 N–H and O–H groups in total. The van der Waals surface area contributed by atoms with Crippen LogP contribution in [0.2, 0.25) is 0 Å². The van der Waals surface area contributed by atoms with Crippen molar-refractivity contribution in [2.75, 3.05) is 5.75 Å². The molecule has 0 aliphatic heterocycles. The molecule has 0 aromatic heterocycles. The zero-order chi connectivity index (χ0) is 17.7. The van der Waals surface area contributed by atoms with Crippen LogP contribution in [0.5, 0.6) is 0 Å². The maximum absolute atomic E-state index is 12.9. The number of carbonyl (C=O) groups is 3. The molecule has 0 heterocycles. The molecule has 5 nitrogen and oxygen atoms in total. The van der Waals surface area contributed by atoms with Crippen molar-refractivity contribution in [1.29, 1.82) is 0 Å². The predicted octanol–water partition coefficient (Wildman–Crippen LogP) is 3.32. The fraction of sp³-hybridized carbons (Fsp3) is 0.278. The van der Waals surface area contributed by atoms with Gasteiger partial charge in [0, 0.05) is 17.2 Å². The molecular weight excluding hydrogens is 328 g/mol. The van der Waals surface area contributed by atoms with Crippen molar-refractivity contribution in [2.45, 2.75) is 18.6 Å². The van der Waals surface area contributed by atoms with Gasteiger partial charge in [0.1, 0.15) is 0 Å². The number of ketones is 1. The Labute approximate surface area is 143 Å². The number of hydrogen-bond donors (Lipinski definition) is 2. The summed E-state index contributed by atoms with van der Waals surface area (Å²) in [5.41, 5.74) is 0.475. The van der Waals surface area contributed by atoms with Crippen LogP contribution in [-0.4, -0.2) is 38.9 Å². The average Bonchev–Trinajstić information content (AvgIpc) is 2.56. The standard InChI is InChI=1S/C18H18O5S/c1-11(18(22)23)24-10-13(9-16(19)20)17(21)15-8-4-6-12-5-2-3-7-14(12)15/h2-8,11,13H,9-10H2,1H3,(H,19,20)(H,22,23). The van der Waals surface area contributed by atoms with Gasteiger partial charge in [0.05, 0.1) is 11.7 Å². The number of carbonyl (C=O) groups excluding carboxylic acids is 1. The molecule has 0 fully saturated rings. The van der Waals surface area contributed by atoms with Gasteiger partial charge in [-0.1, -0.05) is 42.5 Å². The highest BCUT2D eigenvalue weighted by Gasteiger charge is 2.26. The van der Waals surface area contributed by atoms with Gasteiger partial charge >= 0.3 is 11.9 Å². The zero-order valence-corrected chi connectivity index (χ0v) is 14.0. The molecule has 2 atom stereocenters. The number of aliphatic carboxylic acids is 2. The van der Waals surface area contributed by atoms with E-state index in [2.05, 4.69) is 0 Å². The second-order valence-corrected chi connectivity index (χ2v) is 6.87. The second-order valence-electron chi connectivity index (χ2n) is 5.50. The molecule has 0 aliphatic rings. The molecule has 2 aromatic carbocycles. The van der Waals surface area contributed by atoms with E-state index >= 15 is 0 Å². The second kappa shape index (κ2) is 7.97. The minimum absolute atomic E-state index is 0.155. The van der Waals surface area contributed by atoms with E-state index in [4.69, 9.17) is 10.2 Å². The molecule has 24 heavy (non-hydrogen) atoms. The maximum atomic E-state index is 12.9.